The quantitative estimate of drug-likeness (QED) is 0.482. The first-order valence-electron chi connectivity index (χ1n) is 11.3. The van der Waals surface area contributed by atoms with E-state index in [0.717, 1.165) is 30.6 Å². The maximum atomic E-state index is 12.6. The molecule has 0 unspecified atom stereocenters. The van der Waals surface area contributed by atoms with Crippen LogP contribution in [-0.2, 0) is 0 Å². The lowest BCUT2D eigenvalue weighted by Gasteiger charge is -2.18. The van der Waals surface area contributed by atoms with E-state index in [4.69, 9.17) is 16.3 Å². The van der Waals surface area contributed by atoms with Crippen LogP contribution < -0.4 is 20.3 Å². The number of pyridine rings is 1. The van der Waals surface area contributed by atoms with Crippen molar-refractivity contribution in [3.8, 4) is 11.6 Å². The molecule has 0 saturated heterocycles. The van der Waals surface area contributed by atoms with Crippen LogP contribution in [0, 0.1) is 12.8 Å². The minimum atomic E-state index is -0.143. The summed E-state index contributed by atoms with van der Waals surface area (Å²) in [4.78, 5) is 27.8. The molecule has 0 spiro atoms. The topological polar surface area (TPSA) is 92.3 Å². The van der Waals surface area contributed by atoms with E-state index >= 15 is 0 Å². The summed E-state index contributed by atoms with van der Waals surface area (Å²) >= 11 is 5.97. The number of anilines is 2. The van der Waals surface area contributed by atoms with Gasteiger partial charge in [-0.05, 0) is 56.4 Å². The highest BCUT2D eigenvalue weighted by molar-refractivity contribution is 6.30. The number of hydrogen-bond acceptors (Lipinski definition) is 7. The number of ether oxygens (including phenoxy) is 1. The fraction of sp³-hybridized carbons (Fsp3) is 0.360. The number of amides is 1. The van der Waals surface area contributed by atoms with Crippen LogP contribution in [0.3, 0.4) is 0 Å². The van der Waals surface area contributed by atoms with Crippen LogP contribution in [0.15, 0.2) is 48.8 Å². The number of carbonyl (C=O) groups excluding carboxylic acids is 1. The number of aromatic nitrogens is 3. The Labute approximate surface area is 204 Å². The summed E-state index contributed by atoms with van der Waals surface area (Å²) in [6.07, 6.45) is 6.38. The molecule has 3 aromatic rings. The van der Waals surface area contributed by atoms with Gasteiger partial charge in [-0.15, -0.1) is 0 Å². The highest BCUT2D eigenvalue weighted by atomic mass is 35.5. The summed E-state index contributed by atoms with van der Waals surface area (Å²) in [6, 6.07) is 10.8. The molecule has 34 heavy (non-hydrogen) atoms. The van der Waals surface area contributed by atoms with Crippen molar-refractivity contribution in [3.05, 3.63) is 64.9 Å². The normalized spacial score (nSPS) is 17.3. The Hall–Kier alpha value is -3.39. The summed E-state index contributed by atoms with van der Waals surface area (Å²) in [5.41, 5.74) is 1.54. The second-order valence-electron chi connectivity index (χ2n) is 8.77. The average Bonchev–Trinajstić information content (AvgIpc) is 3.26. The maximum absolute atomic E-state index is 12.6. The molecule has 2 N–H and O–H groups in total. The first kappa shape index (κ1) is 23.8. The van der Waals surface area contributed by atoms with E-state index in [1.165, 1.54) is 6.20 Å². The number of halogens is 1. The van der Waals surface area contributed by atoms with Crippen LogP contribution in [0.2, 0.25) is 5.02 Å². The summed E-state index contributed by atoms with van der Waals surface area (Å²) in [5, 5.41) is 7.06. The molecule has 1 aromatic carbocycles. The van der Waals surface area contributed by atoms with Gasteiger partial charge in [0, 0.05) is 55.7 Å². The fourth-order valence-corrected chi connectivity index (χ4v) is 4.27. The molecule has 1 fully saturated rings. The minimum absolute atomic E-state index is 0.143. The first-order valence-corrected chi connectivity index (χ1v) is 11.7. The molecule has 178 valence electrons. The van der Waals surface area contributed by atoms with Crippen molar-refractivity contribution in [2.45, 2.75) is 32.2 Å². The predicted octanol–water partition coefficient (Wildman–Crippen LogP) is 4.70. The third-order valence-electron chi connectivity index (χ3n) is 5.81. The second kappa shape index (κ2) is 10.7. The summed E-state index contributed by atoms with van der Waals surface area (Å²) in [7, 11) is 3.95. The van der Waals surface area contributed by atoms with Crippen molar-refractivity contribution >= 4 is 29.3 Å². The SMILES string of the molecule is Cc1cnc(N[C@H]2CC[C@@H](CNC(=O)c3ccc(Oc4cccc(Cl)c4)nc3)C2)nc1N(C)C. The zero-order valence-corrected chi connectivity index (χ0v) is 20.3. The van der Waals surface area contributed by atoms with Crippen molar-refractivity contribution in [2.75, 3.05) is 30.9 Å². The van der Waals surface area contributed by atoms with Gasteiger partial charge in [0.2, 0.25) is 11.8 Å². The monoisotopic (exact) mass is 480 g/mol. The summed E-state index contributed by atoms with van der Waals surface area (Å²) in [6.45, 7) is 2.62. The third kappa shape index (κ3) is 6.14. The van der Waals surface area contributed by atoms with Crippen LogP contribution in [0.1, 0.15) is 35.2 Å². The number of nitrogens with one attached hydrogen (secondary N) is 2. The summed E-state index contributed by atoms with van der Waals surface area (Å²) in [5.74, 6) is 2.82. The van der Waals surface area contributed by atoms with Crippen LogP contribution in [0.5, 0.6) is 11.6 Å². The zero-order chi connectivity index (χ0) is 24.1. The van der Waals surface area contributed by atoms with Crippen molar-refractivity contribution in [2.24, 2.45) is 5.92 Å². The van der Waals surface area contributed by atoms with Gasteiger partial charge < -0.3 is 20.3 Å². The van der Waals surface area contributed by atoms with Gasteiger partial charge in [0.25, 0.3) is 5.91 Å². The van der Waals surface area contributed by atoms with Crippen LogP contribution >= 0.6 is 11.6 Å². The molecule has 2 heterocycles. The molecule has 1 amide bonds. The largest absolute Gasteiger partial charge is 0.439 e. The highest BCUT2D eigenvalue weighted by Crippen LogP contribution is 2.28. The lowest BCUT2D eigenvalue weighted by atomic mass is 10.1. The molecule has 9 heteroatoms. The fourth-order valence-electron chi connectivity index (χ4n) is 4.09. The first-order chi connectivity index (χ1) is 16.4. The van der Waals surface area contributed by atoms with Gasteiger partial charge in [-0.1, -0.05) is 17.7 Å². The molecule has 0 bridgehead atoms. The minimum Gasteiger partial charge on any atom is -0.439 e. The highest BCUT2D eigenvalue weighted by Gasteiger charge is 2.26. The molecule has 8 nitrogen and oxygen atoms in total. The predicted molar refractivity (Wildman–Crippen MR) is 134 cm³/mol. The molecule has 4 rings (SSSR count). The second-order valence-corrected chi connectivity index (χ2v) is 9.21. The van der Waals surface area contributed by atoms with E-state index in [-0.39, 0.29) is 5.91 Å². The zero-order valence-electron chi connectivity index (χ0n) is 19.6. The molecule has 0 radical (unpaired) electrons. The van der Waals surface area contributed by atoms with Crippen molar-refractivity contribution in [1.82, 2.24) is 20.3 Å². The molecule has 2 aromatic heterocycles. The van der Waals surface area contributed by atoms with Gasteiger partial charge in [-0.3, -0.25) is 4.79 Å². The Kier molecular flexibility index (Phi) is 7.47. The van der Waals surface area contributed by atoms with Gasteiger partial charge in [-0.25, -0.2) is 9.97 Å². The van der Waals surface area contributed by atoms with Crippen LogP contribution in [-0.4, -0.2) is 47.5 Å². The maximum Gasteiger partial charge on any atom is 0.252 e. The molecule has 1 saturated carbocycles. The van der Waals surface area contributed by atoms with E-state index in [0.29, 0.717) is 46.7 Å². The number of nitrogens with zero attached hydrogens (tertiary/aromatic N) is 4. The van der Waals surface area contributed by atoms with Gasteiger partial charge >= 0.3 is 0 Å². The summed E-state index contributed by atoms with van der Waals surface area (Å²) < 4.78 is 5.68. The van der Waals surface area contributed by atoms with E-state index in [1.807, 2.05) is 32.1 Å². The van der Waals surface area contributed by atoms with E-state index in [1.54, 1.807) is 36.4 Å². The van der Waals surface area contributed by atoms with Gasteiger partial charge in [0.15, 0.2) is 0 Å². The molecule has 0 aliphatic heterocycles. The third-order valence-corrected chi connectivity index (χ3v) is 6.05. The van der Waals surface area contributed by atoms with Gasteiger partial charge in [-0.2, -0.15) is 4.98 Å². The number of benzene rings is 1. The Morgan fingerprint density at radius 3 is 2.76 bits per heavy atom. The van der Waals surface area contributed by atoms with Crippen molar-refractivity contribution < 1.29 is 9.53 Å². The van der Waals surface area contributed by atoms with E-state index in [2.05, 4.69) is 25.6 Å². The van der Waals surface area contributed by atoms with Crippen molar-refractivity contribution in [1.29, 1.82) is 0 Å². The van der Waals surface area contributed by atoms with Gasteiger partial charge in [0.05, 0.1) is 5.56 Å². The molecule has 2 atom stereocenters. The lowest BCUT2D eigenvalue weighted by Crippen LogP contribution is -2.29. The Balaban J connectivity index is 1.25. The van der Waals surface area contributed by atoms with E-state index in [9.17, 15) is 4.79 Å². The molecular formula is C25H29ClN6O2. The molecule has 1 aliphatic rings. The lowest BCUT2D eigenvalue weighted by molar-refractivity contribution is 0.0947. The number of hydrogen-bond donors (Lipinski definition) is 2. The number of aryl methyl sites for hydroxylation is 1. The van der Waals surface area contributed by atoms with Gasteiger partial charge in [0.1, 0.15) is 11.6 Å². The van der Waals surface area contributed by atoms with Crippen LogP contribution in [0.4, 0.5) is 11.8 Å². The standard InChI is InChI=1S/C25H29ClN6O2/c1-16-13-29-25(31-23(16)32(2)3)30-20-9-7-17(11-20)14-28-24(33)18-8-10-22(27-15-18)34-21-6-4-5-19(26)12-21/h4-6,8,10,12-13,15,17,20H,7,9,11,14H2,1-3H3,(H,28,33)(H,29,30,31)/t17-,20+/m1/s1. The van der Waals surface area contributed by atoms with E-state index < -0.39 is 0 Å². The number of rotatable bonds is 8. The Bertz CT molecular complexity index is 1140. The average molecular weight is 481 g/mol. The van der Waals surface area contributed by atoms with Crippen LogP contribution in [0.25, 0.3) is 0 Å². The molecule has 1 aliphatic carbocycles. The molecular weight excluding hydrogens is 452 g/mol. The Morgan fingerprint density at radius 2 is 2.03 bits per heavy atom. The Morgan fingerprint density at radius 1 is 1.18 bits per heavy atom. The number of carbonyl (C=O) groups is 1. The van der Waals surface area contributed by atoms with Crippen molar-refractivity contribution in [3.63, 3.8) is 0 Å². The smallest absolute Gasteiger partial charge is 0.252 e.